The minimum absolute atomic E-state index is 0.0586. The van der Waals surface area contributed by atoms with E-state index in [2.05, 4.69) is 6.92 Å². The summed E-state index contributed by atoms with van der Waals surface area (Å²) in [7, 11) is 1.77. The van der Waals surface area contributed by atoms with Crippen molar-refractivity contribution >= 4 is 5.91 Å². The van der Waals surface area contributed by atoms with E-state index in [9.17, 15) is 23.1 Å². The van der Waals surface area contributed by atoms with Gasteiger partial charge in [-0.2, -0.15) is 13.2 Å². The predicted molar refractivity (Wildman–Crippen MR) is 76.3 cm³/mol. The van der Waals surface area contributed by atoms with Crippen LogP contribution in [0, 0.1) is 5.92 Å². The van der Waals surface area contributed by atoms with E-state index in [0.29, 0.717) is 18.8 Å². The van der Waals surface area contributed by atoms with Gasteiger partial charge in [-0.15, -0.1) is 0 Å². The maximum Gasteiger partial charge on any atom is 0.406 e. The van der Waals surface area contributed by atoms with Crippen molar-refractivity contribution in [1.29, 1.82) is 0 Å². The molecule has 0 radical (unpaired) electrons. The Kier molecular flexibility index (Phi) is 5.06. The maximum atomic E-state index is 12.6. The second-order valence-corrected chi connectivity index (χ2v) is 6.87. The first-order valence-corrected chi connectivity index (χ1v) is 7.88. The Bertz CT molecular complexity index is 416. The van der Waals surface area contributed by atoms with Gasteiger partial charge in [-0.25, -0.2) is 0 Å². The number of halogens is 3. The largest absolute Gasteiger partial charge is 0.406 e. The number of carbonyl (C=O) groups is 1. The molecule has 1 aliphatic carbocycles. The SMILES string of the molecule is C[C@@H]1CC[C@](CO)(N(C)[C@H]2CCCN(CC(F)(F)F)C2=O)C1. The van der Waals surface area contributed by atoms with Crippen molar-refractivity contribution in [2.24, 2.45) is 5.92 Å². The third-order valence-electron chi connectivity index (χ3n) is 5.21. The predicted octanol–water partition coefficient (Wildman–Crippen LogP) is 2.02. The molecule has 1 amide bonds. The lowest BCUT2D eigenvalue weighted by molar-refractivity contribution is -0.169. The molecule has 1 N–H and O–H groups in total. The highest BCUT2D eigenvalue weighted by atomic mass is 19.4. The van der Waals surface area contributed by atoms with Crippen molar-refractivity contribution < 1.29 is 23.1 Å². The summed E-state index contributed by atoms with van der Waals surface area (Å²) in [5, 5.41) is 9.83. The molecule has 4 nitrogen and oxygen atoms in total. The van der Waals surface area contributed by atoms with Crippen LogP contribution in [0.1, 0.15) is 39.0 Å². The summed E-state index contributed by atoms with van der Waals surface area (Å²) in [6.07, 6.45) is -0.717. The second kappa shape index (κ2) is 6.35. The van der Waals surface area contributed by atoms with E-state index >= 15 is 0 Å². The molecule has 2 aliphatic rings. The van der Waals surface area contributed by atoms with Gasteiger partial charge in [-0.05, 0) is 45.1 Å². The van der Waals surface area contributed by atoms with Crippen molar-refractivity contribution in [2.45, 2.75) is 56.8 Å². The molecular formula is C15H25F3N2O2. The van der Waals surface area contributed by atoms with Crippen molar-refractivity contribution in [1.82, 2.24) is 9.80 Å². The fourth-order valence-electron chi connectivity index (χ4n) is 3.93. The molecule has 128 valence electrons. The Morgan fingerprint density at radius 2 is 2.09 bits per heavy atom. The molecule has 0 aromatic heterocycles. The van der Waals surface area contributed by atoms with E-state index in [1.54, 1.807) is 7.05 Å². The van der Waals surface area contributed by atoms with Crippen molar-refractivity contribution in [3.63, 3.8) is 0 Å². The van der Waals surface area contributed by atoms with Gasteiger partial charge in [0, 0.05) is 12.1 Å². The zero-order valence-corrected chi connectivity index (χ0v) is 13.2. The van der Waals surface area contributed by atoms with Gasteiger partial charge in [0.05, 0.1) is 12.6 Å². The van der Waals surface area contributed by atoms with E-state index in [0.717, 1.165) is 24.2 Å². The molecule has 0 bridgehead atoms. The third kappa shape index (κ3) is 3.56. The molecule has 0 spiro atoms. The third-order valence-corrected chi connectivity index (χ3v) is 5.21. The highest BCUT2D eigenvalue weighted by molar-refractivity contribution is 5.82. The van der Waals surface area contributed by atoms with E-state index in [1.165, 1.54) is 0 Å². The van der Waals surface area contributed by atoms with Crippen LogP contribution in [0.2, 0.25) is 0 Å². The van der Waals surface area contributed by atoms with Crippen molar-refractivity contribution in [3.8, 4) is 0 Å². The monoisotopic (exact) mass is 322 g/mol. The van der Waals surface area contributed by atoms with Crippen molar-refractivity contribution in [2.75, 3.05) is 26.7 Å². The molecule has 1 saturated heterocycles. The highest BCUT2D eigenvalue weighted by Gasteiger charge is 2.47. The minimum atomic E-state index is -4.37. The average Bonchev–Trinajstić information content (AvgIpc) is 2.82. The Morgan fingerprint density at radius 1 is 1.41 bits per heavy atom. The summed E-state index contributed by atoms with van der Waals surface area (Å²) in [5.41, 5.74) is -0.471. The zero-order chi connectivity index (χ0) is 16.5. The van der Waals surface area contributed by atoms with E-state index in [-0.39, 0.29) is 13.2 Å². The molecule has 0 aromatic carbocycles. The molecule has 1 saturated carbocycles. The van der Waals surface area contributed by atoms with E-state index in [4.69, 9.17) is 0 Å². The van der Waals surface area contributed by atoms with Crippen LogP contribution in [0.25, 0.3) is 0 Å². The molecular weight excluding hydrogens is 297 g/mol. The lowest BCUT2D eigenvalue weighted by Gasteiger charge is -2.45. The molecule has 22 heavy (non-hydrogen) atoms. The molecule has 2 fully saturated rings. The molecule has 1 heterocycles. The van der Waals surface area contributed by atoms with E-state index < -0.39 is 30.2 Å². The summed E-state index contributed by atoms with van der Waals surface area (Å²) in [6, 6.07) is -0.562. The fourth-order valence-corrected chi connectivity index (χ4v) is 3.93. The van der Waals surface area contributed by atoms with Crippen LogP contribution in [0.4, 0.5) is 13.2 Å². The first-order valence-electron chi connectivity index (χ1n) is 7.88. The smallest absolute Gasteiger partial charge is 0.394 e. The van der Waals surface area contributed by atoms with Crippen LogP contribution < -0.4 is 0 Å². The number of amides is 1. The number of nitrogens with zero attached hydrogens (tertiary/aromatic N) is 2. The number of likely N-dealkylation sites (tertiary alicyclic amines) is 1. The maximum absolute atomic E-state index is 12.6. The van der Waals surface area contributed by atoms with Gasteiger partial charge in [0.1, 0.15) is 6.54 Å². The molecule has 2 rings (SSSR count). The molecule has 7 heteroatoms. The number of hydrogen-bond acceptors (Lipinski definition) is 3. The number of piperidine rings is 1. The molecule has 0 unspecified atom stereocenters. The molecule has 1 aliphatic heterocycles. The number of rotatable bonds is 4. The number of aliphatic hydroxyl groups is 1. The lowest BCUT2D eigenvalue weighted by Crippen LogP contribution is -2.60. The van der Waals surface area contributed by atoms with Crippen LogP contribution >= 0.6 is 0 Å². The van der Waals surface area contributed by atoms with Gasteiger partial charge in [-0.3, -0.25) is 9.69 Å². The summed E-state index contributed by atoms with van der Waals surface area (Å²) < 4.78 is 37.8. The standard InChI is InChI=1S/C15H25F3N2O2/c1-11-5-6-14(8-11,10-21)19(2)12-4-3-7-20(13(12)22)9-15(16,17)18/h11-12,21H,3-10H2,1-2H3/t11-,12+,14+/m1/s1. The summed E-state index contributed by atoms with van der Waals surface area (Å²) in [6.45, 7) is 1.02. The van der Waals surface area contributed by atoms with Gasteiger partial charge in [0.15, 0.2) is 0 Å². The van der Waals surface area contributed by atoms with Crippen LogP contribution in [0.15, 0.2) is 0 Å². The highest BCUT2D eigenvalue weighted by Crippen LogP contribution is 2.40. The average molecular weight is 322 g/mol. The zero-order valence-electron chi connectivity index (χ0n) is 13.2. The number of aliphatic hydroxyl groups excluding tert-OH is 1. The first-order chi connectivity index (χ1) is 10.2. The molecule has 3 atom stereocenters. The Morgan fingerprint density at radius 3 is 2.59 bits per heavy atom. The van der Waals surface area contributed by atoms with Gasteiger partial charge >= 0.3 is 6.18 Å². The number of likely N-dealkylation sites (N-methyl/N-ethyl adjacent to an activating group) is 1. The fraction of sp³-hybridized carbons (Fsp3) is 0.933. The number of carbonyl (C=O) groups excluding carboxylic acids is 1. The lowest BCUT2D eigenvalue weighted by atomic mass is 9.91. The Labute approximate surface area is 129 Å². The van der Waals surface area contributed by atoms with E-state index in [1.807, 2.05) is 4.90 Å². The van der Waals surface area contributed by atoms with Gasteiger partial charge < -0.3 is 10.0 Å². The summed E-state index contributed by atoms with van der Waals surface area (Å²) >= 11 is 0. The minimum Gasteiger partial charge on any atom is -0.394 e. The van der Waals surface area contributed by atoms with Gasteiger partial charge in [0.25, 0.3) is 0 Å². The summed E-state index contributed by atoms with van der Waals surface area (Å²) in [5.74, 6) is -0.00183. The van der Waals surface area contributed by atoms with Crippen molar-refractivity contribution in [3.05, 3.63) is 0 Å². The van der Waals surface area contributed by atoms with Crippen LogP contribution in [0.5, 0.6) is 0 Å². The van der Waals surface area contributed by atoms with Gasteiger partial charge in [0.2, 0.25) is 5.91 Å². The Hall–Kier alpha value is -0.820. The summed E-state index contributed by atoms with van der Waals surface area (Å²) in [4.78, 5) is 15.2. The number of hydrogen-bond donors (Lipinski definition) is 1. The molecule has 0 aromatic rings. The topological polar surface area (TPSA) is 43.8 Å². The van der Waals surface area contributed by atoms with Gasteiger partial charge in [-0.1, -0.05) is 6.92 Å². The first kappa shape index (κ1) is 17.5. The normalized spacial score (nSPS) is 33.8. The van der Waals surface area contributed by atoms with Crippen LogP contribution in [-0.4, -0.2) is 65.3 Å². The quantitative estimate of drug-likeness (QED) is 0.861. The van der Waals surface area contributed by atoms with Crippen LogP contribution in [-0.2, 0) is 4.79 Å². The second-order valence-electron chi connectivity index (χ2n) is 6.87. The van der Waals surface area contributed by atoms with Crippen LogP contribution in [0.3, 0.4) is 0 Å². The number of alkyl halides is 3. The Balaban J connectivity index is 2.11.